The van der Waals surface area contributed by atoms with E-state index in [0.717, 1.165) is 6.07 Å². The summed E-state index contributed by atoms with van der Waals surface area (Å²) in [4.78, 5) is 11.4. The molecule has 0 radical (unpaired) electrons. The van der Waals surface area contributed by atoms with Crippen LogP contribution in [0, 0.1) is 11.6 Å². The number of benzene rings is 1. The van der Waals surface area contributed by atoms with Crippen LogP contribution in [0.15, 0.2) is 6.07 Å². The number of methoxy groups -OCH3 is 1. The number of ketones is 1. The molecule has 16 heavy (non-hydrogen) atoms. The van der Waals surface area contributed by atoms with Gasteiger partial charge in [-0.2, -0.15) is 4.39 Å². The predicted octanol–water partition coefficient (Wildman–Crippen LogP) is 2.03. The molecule has 0 aliphatic rings. The van der Waals surface area contributed by atoms with Gasteiger partial charge < -0.3 is 10.1 Å². The van der Waals surface area contributed by atoms with E-state index < -0.39 is 28.7 Å². The zero-order valence-corrected chi connectivity index (χ0v) is 9.49. The minimum Gasteiger partial charge on any atom is -0.492 e. The highest BCUT2D eigenvalue weighted by atomic mass is 35.5. The molecule has 3 nitrogen and oxygen atoms in total. The molecule has 0 unspecified atom stereocenters. The summed E-state index contributed by atoms with van der Waals surface area (Å²) in [5.41, 5.74) is -0.391. The first-order valence-corrected chi connectivity index (χ1v) is 4.80. The topological polar surface area (TPSA) is 38.3 Å². The molecule has 1 aromatic carbocycles. The number of Topliss-reactive ketones (excluding diaryl/α,β-unsaturated/α-hetero) is 1. The van der Waals surface area contributed by atoms with Crippen LogP contribution in [0.1, 0.15) is 10.4 Å². The van der Waals surface area contributed by atoms with Gasteiger partial charge >= 0.3 is 0 Å². The van der Waals surface area contributed by atoms with Crippen LogP contribution in [0.5, 0.6) is 5.75 Å². The van der Waals surface area contributed by atoms with E-state index in [1.165, 1.54) is 14.2 Å². The molecule has 0 saturated carbocycles. The fourth-order valence-corrected chi connectivity index (χ4v) is 1.49. The summed E-state index contributed by atoms with van der Waals surface area (Å²) in [6.45, 7) is -0.0982. The van der Waals surface area contributed by atoms with Gasteiger partial charge in [-0.3, -0.25) is 4.79 Å². The van der Waals surface area contributed by atoms with E-state index in [0.29, 0.717) is 0 Å². The molecular weight excluding hydrogens is 240 g/mol. The molecule has 0 spiro atoms. The second kappa shape index (κ2) is 5.23. The Morgan fingerprint density at radius 2 is 2.12 bits per heavy atom. The average Bonchev–Trinajstić information content (AvgIpc) is 2.24. The third-order valence-corrected chi connectivity index (χ3v) is 2.24. The van der Waals surface area contributed by atoms with E-state index in [2.05, 4.69) is 10.1 Å². The number of hydrogen-bond donors (Lipinski definition) is 1. The summed E-state index contributed by atoms with van der Waals surface area (Å²) >= 11 is 5.65. The fourth-order valence-electron chi connectivity index (χ4n) is 1.22. The van der Waals surface area contributed by atoms with Crippen LogP contribution in [0.25, 0.3) is 0 Å². The first kappa shape index (κ1) is 12.9. The minimum absolute atomic E-state index is 0.0982. The van der Waals surface area contributed by atoms with E-state index in [1.807, 2.05) is 0 Å². The van der Waals surface area contributed by atoms with Gasteiger partial charge in [0.15, 0.2) is 17.3 Å². The van der Waals surface area contributed by atoms with Gasteiger partial charge in [-0.25, -0.2) is 4.39 Å². The van der Waals surface area contributed by atoms with Crippen LogP contribution < -0.4 is 10.1 Å². The summed E-state index contributed by atoms with van der Waals surface area (Å²) in [7, 11) is 2.69. The highest BCUT2D eigenvalue weighted by Crippen LogP contribution is 2.31. The SMILES string of the molecule is CNCC(=O)c1cc(Cl)c(OC)c(F)c1F. The molecule has 0 saturated heterocycles. The van der Waals surface area contributed by atoms with Gasteiger partial charge in [0.25, 0.3) is 0 Å². The van der Waals surface area contributed by atoms with Gasteiger partial charge in [0.05, 0.1) is 24.2 Å². The summed E-state index contributed by atoms with van der Waals surface area (Å²) in [5.74, 6) is -3.49. The van der Waals surface area contributed by atoms with Crippen molar-refractivity contribution >= 4 is 17.4 Å². The number of nitrogens with one attached hydrogen (secondary N) is 1. The molecule has 1 aromatic rings. The molecule has 0 amide bonds. The Kier molecular flexibility index (Phi) is 4.20. The van der Waals surface area contributed by atoms with Crippen LogP contribution in [0.3, 0.4) is 0 Å². The molecular formula is C10H10ClF2NO2. The van der Waals surface area contributed by atoms with Gasteiger partial charge in [-0.15, -0.1) is 0 Å². The Morgan fingerprint density at radius 1 is 1.50 bits per heavy atom. The Balaban J connectivity index is 3.28. The van der Waals surface area contributed by atoms with Crippen molar-refractivity contribution in [2.24, 2.45) is 0 Å². The van der Waals surface area contributed by atoms with Crippen LogP contribution in [0.4, 0.5) is 8.78 Å². The minimum atomic E-state index is -1.26. The van der Waals surface area contributed by atoms with Crippen molar-refractivity contribution in [3.8, 4) is 5.75 Å². The average molecular weight is 250 g/mol. The zero-order valence-electron chi connectivity index (χ0n) is 8.73. The standard InChI is InChI=1S/C10H10ClF2NO2/c1-14-4-7(15)5-3-6(11)10(16-2)9(13)8(5)12/h3,14H,4H2,1-2H3. The summed E-state index contributed by atoms with van der Waals surface area (Å²) in [5, 5.41) is 2.41. The summed E-state index contributed by atoms with van der Waals surface area (Å²) in [6.07, 6.45) is 0. The molecule has 1 N–H and O–H groups in total. The number of carbonyl (C=O) groups excluding carboxylic acids is 1. The van der Waals surface area contributed by atoms with Crippen molar-refractivity contribution in [2.75, 3.05) is 20.7 Å². The first-order valence-electron chi connectivity index (χ1n) is 4.42. The molecule has 0 fully saturated rings. The zero-order chi connectivity index (χ0) is 12.3. The number of likely N-dealkylation sites (N-methyl/N-ethyl adjacent to an activating group) is 1. The molecule has 0 aromatic heterocycles. The molecule has 88 valence electrons. The Labute approximate surface area is 96.4 Å². The summed E-state index contributed by atoms with van der Waals surface area (Å²) < 4.78 is 31.4. The Hall–Kier alpha value is -1.20. The normalized spacial score (nSPS) is 10.3. The van der Waals surface area contributed by atoms with Gasteiger partial charge in [0, 0.05) is 0 Å². The lowest BCUT2D eigenvalue weighted by Gasteiger charge is -2.08. The van der Waals surface area contributed by atoms with Gasteiger partial charge in [-0.1, -0.05) is 11.6 Å². The third kappa shape index (κ3) is 2.31. The number of halogens is 3. The molecule has 0 heterocycles. The Bertz CT molecular complexity index is 424. The third-order valence-electron chi connectivity index (χ3n) is 1.96. The number of carbonyl (C=O) groups is 1. The molecule has 0 aliphatic heterocycles. The van der Waals surface area contributed by atoms with Crippen LogP contribution in [-0.4, -0.2) is 26.5 Å². The maximum absolute atomic E-state index is 13.4. The van der Waals surface area contributed by atoms with Gasteiger partial charge in [0.2, 0.25) is 5.82 Å². The van der Waals surface area contributed by atoms with E-state index in [4.69, 9.17) is 11.6 Å². The van der Waals surface area contributed by atoms with Crippen LogP contribution >= 0.6 is 11.6 Å². The van der Waals surface area contributed by atoms with Crippen molar-refractivity contribution in [2.45, 2.75) is 0 Å². The number of ether oxygens (including phenoxy) is 1. The number of rotatable bonds is 4. The molecule has 0 bridgehead atoms. The van der Waals surface area contributed by atoms with E-state index in [-0.39, 0.29) is 11.6 Å². The van der Waals surface area contributed by atoms with Crippen molar-refractivity contribution < 1.29 is 18.3 Å². The van der Waals surface area contributed by atoms with E-state index in [9.17, 15) is 13.6 Å². The van der Waals surface area contributed by atoms with Crippen molar-refractivity contribution in [1.82, 2.24) is 5.32 Å². The number of hydrogen-bond acceptors (Lipinski definition) is 3. The predicted molar refractivity (Wildman–Crippen MR) is 56.2 cm³/mol. The quantitative estimate of drug-likeness (QED) is 0.655. The molecule has 1 rings (SSSR count). The highest BCUT2D eigenvalue weighted by Gasteiger charge is 2.21. The van der Waals surface area contributed by atoms with Crippen LogP contribution in [-0.2, 0) is 0 Å². The van der Waals surface area contributed by atoms with Crippen molar-refractivity contribution in [3.05, 3.63) is 28.3 Å². The maximum Gasteiger partial charge on any atom is 0.202 e. The smallest absolute Gasteiger partial charge is 0.202 e. The Morgan fingerprint density at radius 3 is 2.62 bits per heavy atom. The second-order valence-electron chi connectivity index (χ2n) is 3.02. The monoisotopic (exact) mass is 249 g/mol. The largest absolute Gasteiger partial charge is 0.492 e. The van der Waals surface area contributed by atoms with E-state index in [1.54, 1.807) is 0 Å². The molecule has 6 heteroatoms. The van der Waals surface area contributed by atoms with Crippen molar-refractivity contribution in [3.63, 3.8) is 0 Å². The lowest BCUT2D eigenvalue weighted by molar-refractivity contribution is 0.0988. The fraction of sp³-hybridized carbons (Fsp3) is 0.300. The highest BCUT2D eigenvalue weighted by molar-refractivity contribution is 6.32. The second-order valence-corrected chi connectivity index (χ2v) is 3.43. The van der Waals surface area contributed by atoms with Gasteiger partial charge in [-0.05, 0) is 13.1 Å². The van der Waals surface area contributed by atoms with Gasteiger partial charge in [0.1, 0.15) is 0 Å². The maximum atomic E-state index is 13.4. The molecule has 0 aliphatic carbocycles. The van der Waals surface area contributed by atoms with Crippen molar-refractivity contribution in [1.29, 1.82) is 0 Å². The first-order chi connectivity index (χ1) is 7.52. The van der Waals surface area contributed by atoms with E-state index >= 15 is 0 Å². The lowest BCUT2D eigenvalue weighted by atomic mass is 10.1. The summed E-state index contributed by atoms with van der Waals surface area (Å²) in [6, 6.07) is 1.05. The molecule has 0 atom stereocenters. The lowest BCUT2D eigenvalue weighted by Crippen LogP contribution is -2.20. The van der Waals surface area contributed by atoms with Crippen LogP contribution in [0.2, 0.25) is 5.02 Å².